The van der Waals surface area contributed by atoms with E-state index in [1.54, 1.807) is 18.2 Å². The number of rotatable bonds is 6. The summed E-state index contributed by atoms with van der Waals surface area (Å²) < 4.78 is 37.5. The van der Waals surface area contributed by atoms with E-state index in [2.05, 4.69) is 14.7 Å². The van der Waals surface area contributed by atoms with Gasteiger partial charge in [-0.05, 0) is 29.8 Å². The Balaban J connectivity index is 2.32. The van der Waals surface area contributed by atoms with Crippen LogP contribution in [-0.4, -0.2) is 22.6 Å². The zero-order valence-electron chi connectivity index (χ0n) is 12.4. The van der Waals surface area contributed by atoms with Crippen LogP contribution in [0.15, 0.2) is 52.5 Å². The molecule has 2 aromatic carbocycles. The molecule has 0 saturated carbocycles. The standard InChI is InChI=1S/C14H14N4O4S/c1-21-11-5-8-13(14(9-11)22-2)17-23(19,20)12-6-3-10(4-7-12)16-18-15/h3-9,17H,1-2H3. The third-order valence-electron chi connectivity index (χ3n) is 2.96. The van der Waals surface area contributed by atoms with Crippen molar-refractivity contribution in [2.45, 2.75) is 4.90 Å². The molecule has 1 N–H and O–H groups in total. The average molecular weight is 334 g/mol. The van der Waals surface area contributed by atoms with Crippen LogP contribution < -0.4 is 14.2 Å². The van der Waals surface area contributed by atoms with Gasteiger partial charge in [-0.25, -0.2) is 8.42 Å². The molecule has 0 bridgehead atoms. The summed E-state index contributed by atoms with van der Waals surface area (Å²) in [6.45, 7) is 0. The Bertz CT molecular complexity index is 844. The van der Waals surface area contributed by atoms with E-state index in [9.17, 15) is 8.42 Å². The fourth-order valence-electron chi connectivity index (χ4n) is 1.83. The lowest BCUT2D eigenvalue weighted by atomic mass is 10.3. The molecule has 9 heteroatoms. The highest BCUT2D eigenvalue weighted by Gasteiger charge is 2.16. The molecule has 2 aromatic rings. The zero-order valence-corrected chi connectivity index (χ0v) is 13.2. The van der Waals surface area contributed by atoms with E-state index in [4.69, 9.17) is 15.0 Å². The monoisotopic (exact) mass is 334 g/mol. The van der Waals surface area contributed by atoms with Crippen LogP contribution in [0.1, 0.15) is 0 Å². The Morgan fingerprint density at radius 3 is 2.35 bits per heavy atom. The van der Waals surface area contributed by atoms with Crippen molar-refractivity contribution in [3.63, 3.8) is 0 Å². The van der Waals surface area contributed by atoms with Crippen molar-refractivity contribution in [1.82, 2.24) is 0 Å². The number of azide groups is 1. The predicted molar refractivity (Wildman–Crippen MR) is 85.6 cm³/mol. The Morgan fingerprint density at radius 2 is 1.78 bits per heavy atom. The van der Waals surface area contributed by atoms with Crippen molar-refractivity contribution in [2.24, 2.45) is 5.11 Å². The normalized spacial score (nSPS) is 10.5. The van der Waals surface area contributed by atoms with E-state index >= 15 is 0 Å². The van der Waals surface area contributed by atoms with E-state index in [0.29, 0.717) is 17.2 Å². The lowest BCUT2D eigenvalue weighted by Gasteiger charge is -2.13. The van der Waals surface area contributed by atoms with Gasteiger partial charge in [0.15, 0.2) is 0 Å². The number of nitrogens with one attached hydrogen (secondary N) is 1. The van der Waals surface area contributed by atoms with Gasteiger partial charge in [0.05, 0.1) is 24.8 Å². The van der Waals surface area contributed by atoms with Crippen LogP contribution in [0.3, 0.4) is 0 Å². The number of sulfonamides is 1. The zero-order chi connectivity index (χ0) is 16.9. The number of ether oxygens (including phenoxy) is 2. The molecule has 120 valence electrons. The molecule has 0 aliphatic heterocycles. The molecule has 0 aliphatic carbocycles. The second-order valence-corrected chi connectivity index (χ2v) is 6.04. The second kappa shape index (κ2) is 6.91. The minimum atomic E-state index is -3.80. The maximum Gasteiger partial charge on any atom is 0.262 e. The molecule has 0 spiro atoms. The molecule has 0 heterocycles. The molecule has 23 heavy (non-hydrogen) atoms. The first-order valence-electron chi connectivity index (χ1n) is 6.40. The first-order chi connectivity index (χ1) is 11.0. The summed E-state index contributed by atoms with van der Waals surface area (Å²) in [5.74, 6) is 0.877. The lowest BCUT2D eigenvalue weighted by molar-refractivity contribution is 0.395. The van der Waals surface area contributed by atoms with E-state index in [0.717, 1.165) is 0 Å². The minimum Gasteiger partial charge on any atom is -0.497 e. The molecule has 0 unspecified atom stereocenters. The van der Waals surface area contributed by atoms with Crippen molar-refractivity contribution in [3.05, 3.63) is 52.9 Å². The number of anilines is 1. The second-order valence-electron chi connectivity index (χ2n) is 4.36. The number of methoxy groups -OCH3 is 2. The van der Waals surface area contributed by atoms with Gasteiger partial charge in [-0.3, -0.25) is 4.72 Å². The molecule has 2 rings (SSSR count). The van der Waals surface area contributed by atoms with E-state index < -0.39 is 10.0 Å². The first-order valence-corrected chi connectivity index (χ1v) is 7.88. The van der Waals surface area contributed by atoms with Crippen LogP contribution in [0.2, 0.25) is 0 Å². The molecule has 0 saturated heterocycles. The topological polar surface area (TPSA) is 113 Å². The Morgan fingerprint density at radius 1 is 1.09 bits per heavy atom. The fraction of sp³-hybridized carbons (Fsp3) is 0.143. The summed E-state index contributed by atoms with van der Waals surface area (Å²) in [7, 11) is -0.867. The highest BCUT2D eigenvalue weighted by atomic mass is 32.2. The number of benzene rings is 2. The van der Waals surface area contributed by atoms with E-state index in [-0.39, 0.29) is 10.6 Å². The maximum atomic E-state index is 12.4. The van der Waals surface area contributed by atoms with Gasteiger partial charge in [0, 0.05) is 16.7 Å². The van der Waals surface area contributed by atoms with Gasteiger partial charge in [0.25, 0.3) is 10.0 Å². The highest BCUT2D eigenvalue weighted by Crippen LogP contribution is 2.31. The number of hydrogen-bond acceptors (Lipinski definition) is 5. The summed E-state index contributed by atoms with van der Waals surface area (Å²) in [4.78, 5) is 2.67. The van der Waals surface area contributed by atoms with Crippen molar-refractivity contribution in [1.29, 1.82) is 0 Å². The summed E-state index contributed by atoms with van der Waals surface area (Å²) >= 11 is 0. The molecule has 0 atom stereocenters. The van der Waals surface area contributed by atoms with Gasteiger partial charge in [-0.2, -0.15) is 0 Å². The van der Waals surface area contributed by atoms with Crippen molar-refractivity contribution in [3.8, 4) is 11.5 Å². The molecule has 8 nitrogen and oxygen atoms in total. The molecule has 0 aromatic heterocycles. The number of hydrogen-bond donors (Lipinski definition) is 1. The largest absolute Gasteiger partial charge is 0.497 e. The van der Waals surface area contributed by atoms with Crippen LogP contribution in [0, 0.1) is 0 Å². The summed E-state index contributed by atoms with van der Waals surface area (Å²) in [5, 5.41) is 3.39. The van der Waals surface area contributed by atoms with Crippen LogP contribution in [0.5, 0.6) is 11.5 Å². The number of nitrogens with zero attached hydrogens (tertiary/aromatic N) is 3. The fourth-order valence-corrected chi connectivity index (χ4v) is 2.90. The van der Waals surface area contributed by atoms with Gasteiger partial charge in [0.1, 0.15) is 11.5 Å². The smallest absolute Gasteiger partial charge is 0.262 e. The molecular weight excluding hydrogens is 320 g/mol. The van der Waals surface area contributed by atoms with Crippen molar-refractivity contribution < 1.29 is 17.9 Å². The summed E-state index contributed by atoms with van der Waals surface area (Å²) in [6, 6.07) is 10.3. The van der Waals surface area contributed by atoms with Crippen LogP contribution in [0.25, 0.3) is 10.4 Å². The first kappa shape index (κ1) is 16.5. The van der Waals surface area contributed by atoms with Crippen LogP contribution >= 0.6 is 0 Å². The SMILES string of the molecule is COc1ccc(NS(=O)(=O)c2ccc(N=[N+]=[N-])cc2)c(OC)c1. The molecular formula is C14H14N4O4S. The third kappa shape index (κ3) is 3.85. The average Bonchev–Trinajstić information content (AvgIpc) is 2.55. The Kier molecular flexibility index (Phi) is 4.95. The quantitative estimate of drug-likeness (QED) is 0.495. The van der Waals surface area contributed by atoms with E-state index in [1.807, 2.05) is 0 Å². The van der Waals surface area contributed by atoms with Crippen molar-refractivity contribution >= 4 is 21.4 Å². The Labute approximate surface area is 133 Å². The van der Waals surface area contributed by atoms with Crippen LogP contribution in [-0.2, 0) is 10.0 Å². The molecule has 0 radical (unpaired) electrons. The maximum absolute atomic E-state index is 12.4. The van der Waals surface area contributed by atoms with Gasteiger partial charge >= 0.3 is 0 Å². The summed E-state index contributed by atoms with van der Waals surface area (Å²) in [5.41, 5.74) is 8.96. The van der Waals surface area contributed by atoms with Crippen molar-refractivity contribution in [2.75, 3.05) is 18.9 Å². The third-order valence-corrected chi connectivity index (χ3v) is 4.34. The molecule has 0 aliphatic rings. The van der Waals surface area contributed by atoms with Crippen LogP contribution in [0.4, 0.5) is 11.4 Å². The minimum absolute atomic E-state index is 0.0345. The summed E-state index contributed by atoms with van der Waals surface area (Å²) in [6.07, 6.45) is 0. The van der Waals surface area contributed by atoms with Gasteiger partial charge in [0.2, 0.25) is 0 Å². The van der Waals surface area contributed by atoms with E-state index in [1.165, 1.54) is 38.5 Å². The molecule has 0 fully saturated rings. The lowest BCUT2D eigenvalue weighted by Crippen LogP contribution is -2.13. The molecule has 0 amide bonds. The highest BCUT2D eigenvalue weighted by molar-refractivity contribution is 7.92. The Hall–Kier alpha value is -2.90. The van der Waals surface area contributed by atoms with Gasteiger partial charge in [-0.15, -0.1) is 0 Å². The van der Waals surface area contributed by atoms with Gasteiger partial charge < -0.3 is 9.47 Å². The van der Waals surface area contributed by atoms with Gasteiger partial charge in [-0.1, -0.05) is 17.2 Å². The predicted octanol–water partition coefficient (Wildman–Crippen LogP) is 3.45.